The maximum absolute atomic E-state index is 5.58. The average Bonchev–Trinajstić information content (AvgIpc) is 2.55. The average molecular weight is 170 g/mol. The number of halogens is 1. The molecule has 0 saturated heterocycles. The van der Waals surface area contributed by atoms with Gasteiger partial charge < -0.3 is 0 Å². The van der Waals surface area contributed by atoms with Crippen LogP contribution in [0.3, 0.4) is 0 Å². The maximum atomic E-state index is 5.58. The third-order valence-electron chi connectivity index (χ3n) is 1.16. The fraction of sp³-hybridized carbons (Fsp3) is 0. The van der Waals surface area contributed by atoms with E-state index in [0.717, 1.165) is 0 Å². The molecule has 0 radical (unpaired) electrons. The van der Waals surface area contributed by atoms with Gasteiger partial charge in [0.1, 0.15) is 0 Å². The third-order valence-corrected chi connectivity index (χ3v) is 1.36. The van der Waals surface area contributed by atoms with E-state index in [9.17, 15) is 0 Å². The van der Waals surface area contributed by atoms with Gasteiger partial charge in [0.15, 0.2) is 5.15 Å². The van der Waals surface area contributed by atoms with Crippen molar-refractivity contribution in [2.24, 2.45) is 0 Å². The Morgan fingerprint density at radius 3 is 2.73 bits per heavy atom. The van der Waals surface area contributed by atoms with Gasteiger partial charge in [-0.25, -0.2) is 0 Å². The van der Waals surface area contributed by atoms with Crippen molar-refractivity contribution in [2.45, 2.75) is 0 Å². The first-order valence-corrected chi connectivity index (χ1v) is 3.32. The molecule has 0 fully saturated rings. The van der Waals surface area contributed by atoms with Crippen LogP contribution in [0.5, 0.6) is 0 Å². The Bertz CT molecular complexity index is 337. The Labute approximate surface area is 67.2 Å². The lowest BCUT2D eigenvalue weighted by Gasteiger charge is -1.95. The van der Waals surface area contributed by atoms with E-state index in [2.05, 4.69) is 15.4 Å². The van der Waals surface area contributed by atoms with Crippen molar-refractivity contribution in [3.8, 4) is 0 Å². The quantitative estimate of drug-likeness (QED) is 0.623. The van der Waals surface area contributed by atoms with Crippen molar-refractivity contribution in [2.75, 3.05) is 0 Å². The molecule has 0 bridgehead atoms. The van der Waals surface area contributed by atoms with Crippen LogP contribution in [-0.4, -0.2) is 25.0 Å². The molecule has 0 unspecified atom stereocenters. The lowest BCUT2D eigenvalue weighted by molar-refractivity contribution is 0.490. The molecule has 0 aromatic carbocycles. The number of nitrogens with zero attached hydrogens (tertiary/aromatic N) is 5. The summed E-state index contributed by atoms with van der Waals surface area (Å²) in [7, 11) is 0. The lowest BCUT2D eigenvalue weighted by atomic mass is 10.8. The molecule has 0 aliphatic heterocycles. The zero-order valence-corrected chi connectivity index (χ0v) is 6.18. The van der Waals surface area contributed by atoms with E-state index in [0.29, 0.717) is 5.15 Å². The van der Waals surface area contributed by atoms with Gasteiger partial charge in [-0.15, -0.1) is 15.0 Å². The first kappa shape index (κ1) is 6.36. The van der Waals surface area contributed by atoms with Gasteiger partial charge in [0, 0.05) is 0 Å². The van der Waals surface area contributed by atoms with E-state index < -0.39 is 0 Å². The minimum Gasteiger partial charge on any atom is -0.156 e. The summed E-state index contributed by atoms with van der Waals surface area (Å²) in [5.74, 6) is 0. The van der Waals surface area contributed by atoms with Crippen LogP contribution in [0.4, 0.5) is 0 Å². The first-order valence-electron chi connectivity index (χ1n) is 2.94. The molecule has 2 heterocycles. The Morgan fingerprint density at radius 1 is 1.27 bits per heavy atom. The molecule has 0 spiro atoms. The van der Waals surface area contributed by atoms with Crippen molar-refractivity contribution >= 4 is 11.6 Å². The molecule has 0 N–H and O–H groups in total. The van der Waals surface area contributed by atoms with Gasteiger partial charge >= 0.3 is 0 Å². The topological polar surface area (TPSA) is 48.5 Å². The highest BCUT2D eigenvalue weighted by Gasteiger charge is 1.95. The summed E-state index contributed by atoms with van der Waals surface area (Å²) in [6.45, 7) is 0. The highest BCUT2D eigenvalue weighted by atomic mass is 35.5. The second-order valence-corrected chi connectivity index (χ2v) is 2.27. The Kier molecular flexibility index (Phi) is 1.36. The van der Waals surface area contributed by atoms with Crippen LogP contribution in [0.15, 0.2) is 24.7 Å². The standard InChI is InChI=1S/C5H4ClN5/c6-5-1-3-10(8-5)11-4-2-7-9-11/h1-4H. The lowest BCUT2D eigenvalue weighted by Crippen LogP contribution is -2.09. The van der Waals surface area contributed by atoms with Crippen molar-refractivity contribution in [3.63, 3.8) is 0 Å². The monoisotopic (exact) mass is 169 g/mol. The summed E-state index contributed by atoms with van der Waals surface area (Å²) in [6.07, 6.45) is 4.93. The third kappa shape index (κ3) is 1.10. The van der Waals surface area contributed by atoms with Crippen molar-refractivity contribution in [3.05, 3.63) is 29.8 Å². The summed E-state index contributed by atoms with van der Waals surface area (Å²) in [5, 5.41) is 11.7. The molecule has 6 heteroatoms. The van der Waals surface area contributed by atoms with Crippen LogP contribution in [-0.2, 0) is 0 Å². The van der Waals surface area contributed by atoms with E-state index in [-0.39, 0.29) is 0 Å². The highest BCUT2D eigenvalue weighted by Crippen LogP contribution is 2.01. The molecule has 5 nitrogen and oxygen atoms in total. The van der Waals surface area contributed by atoms with E-state index in [1.165, 1.54) is 9.58 Å². The van der Waals surface area contributed by atoms with Crippen molar-refractivity contribution in [1.82, 2.24) is 25.0 Å². The predicted molar refractivity (Wildman–Crippen MR) is 38.1 cm³/mol. The minimum absolute atomic E-state index is 0.431. The normalized spacial score (nSPS) is 10.3. The van der Waals surface area contributed by atoms with E-state index in [1.54, 1.807) is 24.7 Å². The zero-order valence-electron chi connectivity index (χ0n) is 5.42. The molecule has 11 heavy (non-hydrogen) atoms. The van der Waals surface area contributed by atoms with Crippen LogP contribution in [0, 0.1) is 0 Å². The van der Waals surface area contributed by atoms with Gasteiger partial charge in [0.05, 0.1) is 18.6 Å². The SMILES string of the molecule is Clc1ccn(-n2ccnn2)n1. The number of aromatic nitrogens is 5. The van der Waals surface area contributed by atoms with Crippen molar-refractivity contribution in [1.29, 1.82) is 0 Å². The Hall–Kier alpha value is -1.36. The fourth-order valence-corrected chi connectivity index (χ4v) is 0.852. The number of hydrogen-bond acceptors (Lipinski definition) is 3. The van der Waals surface area contributed by atoms with Crippen LogP contribution < -0.4 is 0 Å². The molecule has 56 valence electrons. The molecular formula is C5H4ClN5. The number of hydrogen-bond donors (Lipinski definition) is 0. The van der Waals surface area contributed by atoms with Crippen LogP contribution >= 0.6 is 11.6 Å². The van der Waals surface area contributed by atoms with Gasteiger partial charge in [0.25, 0.3) is 0 Å². The van der Waals surface area contributed by atoms with Crippen molar-refractivity contribution < 1.29 is 0 Å². The molecular weight excluding hydrogens is 166 g/mol. The molecule has 0 amide bonds. The van der Waals surface area contributed by atoms with E-state index in [4.69, 9.17) is 11.6 Å². The van der Waals surface area contributed by atoms with Gasteiger partial charge in [-0.1, -0.05) is 11.6 Å². The molecule has 2 aromatic heterocycles. The van der Waals surface area contributed by atoms with Crippen LogP contribution in [0.25, 0.3) is 0 Å². The molecule has 2 aromatic rings. The second kappa shape index (κ2) is 2.35. The second-order valence-electron chi connectivity index (χ2n) is 1.88. The molecule has 0 aliphatic rings. The summed E-state index contributed by atoms with van der Waals surface area (Å²) >= 11 is 5.58. The van der Waals surface area contributed by atoms with Gasteiger partial charge in [0.2, 0.25) is 0 Å². The largest absolute Gasteiger partial charge is 0.156 e. The minimum atomic E-state index is 0.431. The summed E-state index contributed by atoms with van der Waals surface area (Å²) in [6, 6.07) is 1.67. The van der Waals surface area contributed by atoms with E-state index in [1.807, 2.05) is 0 Å². The Balaban J connectivity index is 2.45. The summed E-state index contributed by atoms with van der Waals surface area (Å²) in [4.78, 5) is 2.95. The maximum Gasteiger partial charge on any atom is 0.153 e. The van der Waals surface area contributed by atoms with Crippen LogP contribution in [0.2, 0.25) is 5.15 Å². The van der Waals surface area contributed by atoms with E-state index >= 15 is 0 Å². The highest BCUT2D eigenvalue weighted by molar-refractivity contribution is 6.29. The van der Waals surface area contributed by atoms with Crippen LogP contribution in [0.1, 0.15) is 0 Å². The Morgan fingerprint density at radius 2 is 2.18 bits per heavy atom. The molecule has 0 atom stereocenters. The first-order chi connectivity index (χ1) is 5.36. The molecule has 2 rings (SSSR count). The molecule has 0 saturated carbocycles. The fourth-order valence-electron chi connectivity index (χ4n) is 0.718. The zero-order chi connectivity index (χ0) is 7.68. The van der Waals surface area contributed by atoms with Gasteiger partial charge in [-0.3, -0.25) is 0 Å². The summed E-state index contributed by atoms with van der Waals surface area (Å²) in [5.41, 5.74) is 0. The molecule has 0 aliphatic carbocycles. The summed E-state index contributed by atoms with van der Waals surface area (Å²) < 4.78 is 0. The smallest absolute Gasteiger partial charge is 0.153 e. The van der Waals surface area contributed by atoms with Gasteiger partial charge in [-0.2, -0.15) is 4.79 Å². The predicted octanol–water partition coefficient (Wildman–Crippen LogP) is 0.439. The number of rotatable bonds is 1. The van der Waals surface area contributed by atoms with Gasteiger partial charge in [-0.05, 0) is 11.3 Å².